The zero-order chi connectivity index (χ0) is 14.8. The Kier molecular flexibility index (Phi) is 8.49. The molecule has 20 heavy (non-hydrogen) atoms. The molecule has 0 aromatic carbocycles. The molecule has 1 rings (SSSR count). The molecule has 0 saturated heterocycles. The minimum absolute atomic E-state index is 0.447. The first-order valence-electron chi connectivity index (χ1n) is 7.38. The van der Waals surface area contributed by atoms with Crippen LogP contribution in [0.15, 0.2) is 10.6 Å². The van der Waals surface area contributed by atoms with E-state index in [1.807, 2.05) is 6.07 Å². The number of nitrogens with one attached hydrogen (secondary N) is 1. The van der Waals surface area contributed by atoms with Gasteiger partial charge in [-0.05, 0) is 18.4 Å². The number of ether oxygens (including phenoxy) is 2. The maximum atomic E-state index is 5.48. The van der Waals surface area contributed by atoms with Crippen molar-refractivity contribution in [1.29, 1.82) is 0 Å². The quantitative estimate of drug-likeness (QED) is 0.633. The van der Waals surface area contributed by atoms with Gasteiger partial charge in [0.25, 0.3) is 0 Å². The zero-order valence-corrected chi connectivity index (χ0v) is 13.1. The minimum atomic E-state index is 0.447. The monoisotopic (exact) mass is 284 g/mol. The molecule has 116 valence electrons. The van der Waals surface area contributed by atoms with Crippen LogP contribution < -0.4 is 5.32 Å². The summed E-state index contributed by atoms with van der Waals surface area (Å²) in [5.41, 5.74) is 0.917. The van der Waals surface area contributed by atoms with E-state index in [1.165, 1.54) is 0 Å². The molecule has 0 fully saturated rings. The van der Waals surface area contributed by atoms with E-state index in [0.29, 0.717) is 31.7 Å². The summed E-state index contributed by atoms with van der Waals surface area (Å²) in [6.07, 6.45) is 0. The highest BCUT2D eigenvalue weighted by Crippen LogP contribution is 2.05. The highest BCUT2D eigenvalue weighted by Gasteiger charge is 2.04. The second-order valence-electron chi connectivity index (χ2n) is 5.83. The maximum absolute atomic E-state index is 5.48. The van der Waals surface area contributed by atoms with Gasteiger partial charge in [0.1, 0.15) is 6.61 Å². The fourth-order valence-electron chi connectivity index (χ4n) is 1.61. The molecule has 0 aliphatic rings. The summed E-state index contributed by atoms with van der Waals surface area (Å²) in [6.45, 7) is 12.7. The van der Waals surface area contributed by atoms with E-state index in [-0.39, 0.29) is 0 Å². The summed E-state index contributed by atoms with van der Waals surface area (Å²) in [5, 5.41) is 7.33. The predicted molar refractivity (Wildman–Crippen MR) is 78.4 cm³/mol. The highest BCUT2D eigenvalue weighted by molar-refractivity contribution is 5.04. The molecule has 0 saturated carbocycles. The molecule has 1 N–H and O–H groups in total. The van der Waals surface area contributed by atoms with E-state index in [1.54, 1.807) is 0 Å². The maximum Gasteiger partial charge on any atom is 0.162 e. The summed E-state index contributed by atoms with van der Waals surface area (Å²) >= 11 is 0. The Bertz CT molecular complexity index is 351. The van der Waals surface area contributed by atoms with E-state index in [9.17, 15) is 0 Å². The molecule has 1 aromatic rings. The molecule has 0 bridgehead atoms. The molecule has 1 aromatic heterocycles. The van der Waals surface area contributed by atoms with E-state index in [0.717, 1.165) is 31.2 Å². The number of aromatic nitrogens is 1. The molecule has 5 heteroatoms. The van der Waals surface area contributed by atoms with Crippen LogP contribution in [0, 0.1) is 11.8 Å². The van der Waals surface area contributed by atoms with Crippen LogP contribution in [0.25, 0.3) is 0 Å². The average molecular weight is 284 g/mol. The summed E-state index contributed by atoms with van der Waals surface area (Å²) in [5.74, 6) is 1.95. The second-order valence-corrected chi connectivity index (χ2v) is 5.83. The van der Waals surface area contributed by atoms with Gasteiger partial charge in [-0.25, -0.2) is 0 Å². The summed E-state index contributed by atoms with van der Waals surface area (Å²) in [4.78, 5) is 0. The molecule has 0 unspecified atom stereocenters. The fourth-order valence-corrected chi connectivity index (χ4v) is 1.61. The summed E-state index contributed by atoms with van der Waals surface area (Å²) < 4.78 is 16.1. The third-order valence-electron chi connectivity index (χ3n) is 2.53. The van der Waals surface area contributed by atoms with Gasteiger partial charge in [-0.15, -0.1) is 0 Å². The van der Waals surface area contributed by atoms with Crippen molar-refractivity contribution in [2.24, 2.45) is 11.8 Å². The first kappa shape index (κ1) is 17.1. The normalized spacial score (nSPS) is 11.7. The van der Waals surface area contributed by atoms with Gasteiger partial charge >= 0.3 is 0 Å². The Labute approximate surface area is 122 Å². The Morgan fingerprint density at radius 2 is 1.90 bits per heavy atom. The molecule has 0 atom stereocenters. The lowest BCUT2D eigenvalue weighted by Crippen LogP contribution is -2.19. The Hall–Kier alpha value is -0.910. The lowest BCUT2D eigenvalue weighted by atomic mass is 10.2. The van der Waals surface area contributed by atoms with E-state index < -0.39 is 0 Å². The summed E-state index contributed by atoms with van der Waals surface area (Å²) in [6, 6.07) is 1.93. The predicted octanol–water partition coefficient (Wildman–Crippen LogP) is 2.61. The van der Waals surface area contributed by atoms with E-state index in [2.05, 4.69) is 38.2 Å². The SMILES string of the molecule is CC(C)CNCc1cc(COCCOCC(C)C)on1. The van der Waals surface area contributed by atoms with Gasteiger partial charge in [0.05, 0.1) is 18.9 Å². The molecular formula is C15H28N2O3. The van der Waals surface area contributed by atoms with Crippen molar-refractivity contribution in [3.05, 3.63) is 17.5 Å². The molecule has 5 nitrogen and oxygen atoms in total. The molecule has 0 amide bonds. The lowest BCUT2D eigenvalue weighted by molar-refractivity contribution is 0.0250. The zero-order valence-electron chi connectivity index (χ0n) is 13.1. The third kappa shape index (κ3) is 8.30. The van der Waals surface area contributed by atoms with Crippen molar-refractivity contribution >= 4 is 0 Å². The van der Waals surface area contributed by atoms with Crippen LogP contribution in [-0.4, -0.2) is 31.5 Å². The van der Waals surface area contributed by atoms with Crippen LogP contribution in [-0.2, 0) is 22.6 Å². The molecule has 0 spiro atoms. The molecule has 0 aliphatic carbocycles. The topological polar surface area (TPSA) is 56.5 Å². The smallest absolute Gasteiger partial charge is 0.162 e. The molecule has 0 aliphatic heterocycles. The Balaban J connectivity index is 2.08. The minimum Gasteiger partial charge on any atom is -0.379 e. The first-order chi connectivity index (χ1) is 9.58. The van der Waals surface area contributed by atoms with Crippen molar-refractivity contribution < 1.29 is 14.0 Å². The highest BCUT2D eigenvalue weighted by atomic mass is 16.5. The number of nitrogens with zero attached hydrogens (tertiary/aromatic N) is 1. The Morgan fingerprint density at radius 3 is 2.60 bits per heavy atom. The van der Waals surface area contributed by atoms with Crippen molar-refractivity contribution in [3.8, 4) is 0 Å². The van der Waals surface area contributed by atoms with Gasteiger partial charge in [0.2, 0.25) is 0 Å². The van der Waals surface area contributed by atoms with Gasteiger partial charge < -0.3 is 19.3 Å². The number of hydrogen-bond donors (Lipinski definition) is 1. The number of hydrogen-bond acceptors (Lipinski definition) is 5. The molecular weight excluding hydrogens is 256 g/mol. The first-order valence-corrected chi connectivity index (χ1v) is 7.38. The largest absolute Gasteiger partial charge is 0.379 e. The second kappa shape index (κ2) is 9.91. The molecule has 1 heterocycles. The number of rotatable bonds is 11. The molecule has 0 radical (unpaired) electrons. The summed E-state index contributed by atoms with van der Waals surface area (Å²) in [7, 11) is 0. The third-order valence-corrected chi connectivity index (χ3v) is 2.53. The average Bonchev–Trinajstić information content (AvgIpc) is 2.81. The van der Waals surface area contributed by atoms with Crippen molar-refractivity contribution in [1.82, 2.24) is 10.5 Å². The lowest BCUT2D eigenvalue weighted by Gasteiger charge is -2.06. The van der Waals surface area contributed by atoms with Crippen LogP contribution in [0.5, 0.6) is 0 Å². The van der Waals surface area contributed by atoms with Gasteiger partial charge in [0, 0.05) is 19.2 Å². The van der Waals surface area contributed by atoms with Crippen LogP contribution in [0.2, 0.25) is 0 Å². The van der Waals surface area contributed by atoms with Gasteiger partial charge in [-0.1, -0.05) is 32.9 Å². The standard InChI is InChI=1S/C15H28N2O3/c1-12(2)8-16-9-14-7-15(20-17-14)11-19-6-5-18-10-13(3)4/h7,12-13,16H,5-6,8-11H2,1-4H3. The van der Waals surface area contributed by atoms with Gasteiger partial charge in [0.15, 0.2) is 5.76 Å². The van der Waals surface area contributed by atoms with Crippen LogP contribution in [0.1, 0.15) is 39.1 Å². The van der Waals surface area contributed by atoms with Gasteiger partial charge in [-0.2, -0.15) is 0 Å². The van der Waals surface area contributed by atoms with E-state index >= 15 is 0 Å². The van der Waals surface area contributed by atoms with Crippen molar-refractivity contribution in [2.45, 2.75) is 40.8 Å². The van der Waals surface area contributed by atoms with Crippen molar-refractivity contribution in [2.75, 3.05) is 26.4 Å². The van der Waals surface area contributed by atoms with Gasteiger partial charge in [-0.3, -0.25) is 0 Å². The van der Waals surface area contributed by atoms with Crippen LogP contribution in [0.3, 0.4) is 0 Å². The van der Waals surface area contributed by atoms with Crippen LogP contribution in [0.4, 0.5) is 0 Å². The Morgan fingerprint density at radius 1 is 1.15 bits per heavy atom. The fraction of sp³-hybridized carbons (Fsp3) is 0.800. The van der Waals surface area contributed by atoms with Crippen LogP contribution >= 0.6 is 0 Å². The van der Waals surface area contributed by atoms with E-state index in [4.69, 9.17) is 14.0 Å². The van der Waals surface area contributed by atoms with Crippen molar-refractivity contribution in [3.63, 3.8) is 0 Å².